The minimum Gasteiger partial charge on any atom is -0.481 e. The highest BCUT2D eigenvalue weighted by molar-refractivity contribution is 6.36. The van der Waals surface area contributed by atoms with Gasteiger partial charge in [0.15, 0.2) is 5.82 Å². The fourth-order valence-corrected chi connectivity index (χ4v) is 6.10. The minimum absolute atomic E-state index is 0.0653. The molecule has 0 unspecified atom stereocenters. The maximum absolute atomic E-state index is 13.1. The van der Waals surface area contributed by atoms with Gasteiger partial charge in [-0.1, -0.05) is 48.0 Å². The van der Waals surface area contributed by atoms with Gasteiger partial charge in [0.05, 0.1) is 42.3 Å². The van der Waals surface area contributed by atoms with Crippen molar-refractivity contribution < 1.29 is 14.6 Å². The number of fused-ring (bicyclic) bond motifs is 1. The highest BCUT2D eigenvalue weighted by Crippen LogP contribution is 2.39. The van der Waals surface area contributed by atoms with Gasteiger partial charge in [-0.2, -0.15) is 5.10 Å². The van der Waals surface area contributed by atoms with Gasteiger partial charge in [0, 0.05) is 55.7 Å². The molecule has 4 heterocycles. The lowest BCUT2D eigenvalue weighted by atomic mass is 9.96. The molecule has 1 fully saturated rings. The van der Waals surface area contributed by atoms with E-state index in [1.165, 1.54) is 17.8 Å². The highest BCUT2D eigenvalue weighted by atomic mass is 35.5. The zero-order chi connectivity index (χ0) is 32.5. The van der Waals surface area contributed by atoms with Gasteiger partial charge < -0.3 is 25.2 Å². The summed E-state index contributed by atoms with van der Waals surface area (Å²) in [6.07, 6.45) is 1.57. The van der Waals surface area contributed by atoms with Crippen LogP contribution in [0.15, 0.2) is 64.3 Å². The molecule has 3 N–H and O–H groups in total. The molecule has 2 atom stereocenters. The molecule has 3 aromatic heterocycles. The third kappa shape index (κ3) is 5.76. The van der Waals surface area contributed by atoms with E-state index in [2.05, 4.69) is 20.8 Å². The maximum Gasteiger partial charge on any atom is 0.330 e. The molecule has 0 radical (unpaired) electrons. The molecule has 1 saturated heterocycles. The van der Waals surface area contributed by atoms with Crippen LogP contribution in [0.3, 0.4) is 0 Å². The lowest BCUT2D eigenvalue weighted by molar-refractivity contribution is -0.0281. The number of halogens is 1. The Morgan fingerprint density at radius 2 is 1.83 bits per heavy atom. The molecule has 2 aromatic carbocycles. The van der Waals surface area contributed by atoms with Gasteiger partial charge >= 0.3 is 5.69 Å². The fraction of sp³-hybridized carbons (Fsp3) is 0.303. The molecule has 0 saturated carbocycles. The topological polar surface area (TPSA) is 145 Å². The van der Waals surface area contributed by atoms with Crippen LogP contribution in [0.4, 0.5) is 11.5 Å². The number of aryl methyl sites for hydroxylation is 1. The largest absolute Gasteiger partial charge is 0.481 e. The minimum atomic E-state index is -0.562. The van der Waals surface area contributed by atoms with Gasteiger partial charge in [-0.05, 0) is 36.6 Å². The second kappa shape index (κ2) is 13.0. The number of hydrogen-bond acceptors (Lipinski definition) is 10. The number of aromatic nitrogens is 5. The number of nitrogens with one attached hydrogen (secondary N) is 2. The first-order valence-corrected chi connectivity index (χ1v) is 15.2. The lowest BCUT2D eigenvalue weighted by Gasteiger charge is -2.28. The Bertz CT molecular complexity index is 2060. The van der Waals surface area contributed by atoms with E-state index in [0.717, 1.165) is 38.8 Å². The van der Waals surface area contributed by atoms with E-state index in [-0.39, 0.29) is 17.2 Å². The summed E-state index contributed by atoms with van der Waals surface area (Å²) in [5, 5.41) is 25.9. The van der Waals surface area contributed by atoms with E-state index in [4.69, 9.17) is 26.1 Å². The molecular weight excluding hydrogens is 610 g/mol. The van der Waals surface area contributed by atoms with E-state index < -0.39 is 17.4 Å². The summed E-state index contributed by atoms with van der Waals surface area (Å²) in [6, 6.07) is 15.3. The second-order valence-corrected chi connectivity index (χ2v) is 11.6. The van der Waals surface area contributed by atoms with Crippen molar-refractivity contribution in [2.75, 3.05) is 25.6 Å². The number of hydrogen-bond donors (Lipinski definition) is 3. The fourth-order valence-electron chi connectivity index (χ4n) is 5.77. The second-order valence-electron chi connectivity index (χ2n) is 11.2. The molecule has 1 aliphatic heterocycles. The molecule has 46 heavy (non-hydrogen) atoms. The van der Waals surface area contributed by atoms with Crippen molar-refractivity contribution in [3.63, 3.8) is 0 Å². The molecule has 0 spiro atoms. The van der Waals surface area contributed by atoms with Gasteiger partial charge in [0.2, 0.25) is 5.88 Å². The smallest absolute Gasteiger partial charge is 0.330 e. The Balaban J connectivity index is 1.32. The third-order valence-electron chi connectivity index (χ3n) is 8.45. The van der Waals surface area contributed by atoms with E-state index in [1.807, 2.05) is 55.5 Å². The molecule has 6 rings (SSSR count). The van der Waals surface area contributed by atoms with Crippen LogP contribution >= 0.6 is 11.6 Å². The van der Waals surface area contributed by atoms with Gasteiger partial charge in [-0.3, -0.25) is 13.9 Å². The Labute approximate surface area is 269 Å². The zero-order valence-corrected chi connectivity index (χ0v) is 26.6. The first kappa shape index (κ1) is 31.4. The van der Waals surface area contributed by atoms with Crippen molar-refractivity contribution in [3.05, 3.63) is 91.7 Å². The van der Waals surface area contributed by atoms with Crippen LogP contribution in [-0.2, 0) is 25.4 Å². The third-order valence-corrected chi connectivity index (χ3v) is 8.86. The number of ether oxygens (including phenoxy) is 2. The molecule has 0 aliphatic carbocycles. The normalized spacial score (nSPS) is 16.5. The average Bonchev–Trinajstić information content (AvgIpc) is 3.07. The maximum atomic E-state index is 13.1. The SMILES string of the molecule is COc1nc(-c2cccc(-c3cccc(Nc4nncc5c4c(=O)n(C)c(=O)n5C)c3C)c2Cl)ccc1CN[C@@H]1CCOC[C@H]1O. The number of aliphatic hydroxyl groups excluding tert-OH is 1. The van der Waals surface area contributed by atoms with E-state index in [1.54, 1.807) is 14.2 Å². The van der Waals surface area contributed by atoms with E-state index in [9.17, 15) is 14.7 Å². The predicted octanol–water partition coefficient (Wildman–Crippen LogP) is 3.71. The number of anilines is 2. The number of methoxy groups -OCH3 is 1. The van der Waals surface area contributed by atoms with E-state index in [0.29, 0.717) is 47.6 Å². The highest BCUT2D eigenvalue weighted by Gasteiger charge is 2.24. The van der Waals surface area contributed by atoms with Crippen molar-refractivity contribution in [3.8, 4) is 28.3 Å². The molecule has 0 amide bonds. The summed E-state index contributed by atoms with van der Waals surface area (Å²) in [6.45, 7) is 3.36. The zero-order valence-electron chi connectivity index (χ0n) is 25.9. The first-order chi connectivity index (χ1) is 22.2. The monoisotopic (exact) mass is 643 g/mol. The van der Waals surface area contributed by atoms with Crippen LogP contribution in [0.1, 0.15) is 17.5 Å². The Kier molecular flexibility index (Phi) is 8.87. The number of nitrogens with zero attached hydrogens (tertiary/aromatic N) is 5. The first-order valence-electron chi connectivity index (χ1n) is 14.8. The molecular formula is C33H34ClN7O5. The van der Waals surface area contributed by atoms with Crippen molar-refractivity contribution in [2.45, 2.75) is 32.0 Å². The van der Waals surface area contributed by atoms with Crippen molar-refractivity contribution in [1.29, 1.82) is 0 Å². The lowest BCUT2D eigenvalue weighted by Crippen LogP contribution is -2.46. The number of aliphatic hydroxyl groups is 1. The van der Waals surface area contributed by atoms with Crippen molar-refractivity contribution in [1.82, 2.24) is 29.6 Å². The predicted molar refractivity (Wildman–Crippen MR) is 177 cm³/mol. The van der Waals surface area contributed by atoms with E-state index >= 15 is 0 Å². The molecule has 12 nitrogen and oxygen atoms in total. The van der Waals surface area contributed by atoms with Crippen molar-refractivity contribution in [2.24, 2.45) is 14.1 Å². The summed E-state index contributed by atoms with van der Waals surface area (Å²) < 4.78 is 13.4. The van der Waals surface area contributed by atoms with Crippen LogP contribution in [0.25, 0.3) is 33.3 Å². The molecule has 0 bridgehead atoms. The van der Waals surface area contributed by atoms with Gasteiger partial charge in [0.25, 0.3) is 5.56 Å². The number of rotatable bonds is 8. The number of pyridine rings is 1. The average molecular weight is 644 g/mol. The van der Waals surface area contributed by atoms with Crippen LogP contribution < -0.4 is 26.6 Å². The van der Waals surface area contributed by atoms with Gasteiger partial charge in [-0.15, -0.1) is 5.10 Å². The standard InChI is InChI=1S/C33H34ClN7O5/c1-18-20(7-6-10-23(18)37-30-28-26(16-36-39-30)40(2)33(44)41(3)32(28)43)21-8-5-9-22(29(21)34)24-12-11-19(31(38-24)45-4)15-35-25-13-14-46-17-27(25)42/h5-12,16,25,27,35,42H,13-15,17H2,1-4H3,(H,37,39)/t25-,27-/m1/s1. The molecule has 1 aliphatic rings. The van der Waals surface area contributed by atoms with Gasteiger partial charge in [0.1, 0.15) is 5.39 Å². The summed E-state index contributed by atoms with van der Waals surface area (Å²) >= 11 is 7.07. The molecule has 5 aromatic rings. The quantitative estimate of drug-likeness (QED) is 0.229. The van der Waals surface area contributed by atoms with Crippen LogP contribution in [0.2, 0.25) is 5.02 Å². The number of benzene rings is 2. The van der Waals surface area contributed by atoms with Crippen LogP contribution in [-0.4, -0.2) is 61.9 Å². The Hall–Kier alpha value is -4.62. The molecule has 238 valence electrons. The molecule has 13 heteroatoms. The Morgan fingerprint density at radius 1 is 1.07 bits per heavy atom. The van der Waals surface area contributed by atoms with Crippen LogP contribution in [0.5, 0.6) is 5.88 Å². The Morgan fingerprint density at radius 3 is 2.61 bits per heavy atom. The van der Waals surface area contributed by atoms with Crippen LogP contribution in [0, 0.1) is 6.92 Å². The summed E-state index contributed by atoms with van der Waals surface area (Å²) in [5.41, 5.74) is 4.93. The summed E-state index contributed by atoms with van der Waals surface area (Å²) in [4.78, 5) is 30.3. The van der Waals surface area contributed by atoms with Gasteiger partial charge in [-0.25, -0.2) is 9.78 Å². The van der Waals surface area contributed by atoms with Crippen molar-refractivity contribution >= 4 is 34.0 Å². The summed E-state index contributed by atoms with van der Waals surface area (Å²) in [7, 11) is 4.60. The summed E-state index contributed by atoms with van der Waals surface area (Å²) in [5.74, 6) is 0.709.